The zero-order chi connectivity index (χ0) is 10.1. The molecule has 0 N–H and O–H groups in total. The number of fused-ring (bicyclic) bond motifs is 1. The van der Waals surface area contributed by atoms with Gasteiger partial charge >= 0.3 is 0 Å². The van der Waals surface area contributed by atoms with Crippen molar-refractivity contribution in [3.05, 3.63) is 36.0 Å². The molecule has 1 aromatic carbocycles. The number of hydrogen-bond acceptors (Lipinski definition) is 2. The maximum Gasteiger partial charge on any atom is 0.218 e. The van der Waals surface area contributed by atoms with Gasteiger partial charge in [0.05, 0.1) is 5.52 Å². The molecule has 0 aliphatic carbocycles. The van der Waals surface area contributed by atoms with E-state index in [-0.39, 0.29) is 5.78 Å². The van der Waals surface area contributed by atoms with E-state index in [2.05, 4.69) is 0 Å². The second-order valence-corrected chi connectivity index (χ2v) is 3.16. The highest BCUT2D eigenvalue weighted by Gasteiger charge is 2.03. The van der Waals surface area contributed by atoms with E-state index in [9.17, 15) is 9.59 Å². The third-order valence-electron chi connectivity index (χ3n) is 2.24. The molecule has 0 bridgehead atoms. The molecule has 70 valence electrons. The smallest absolute Gasteiger partial charge is 0.218 e. The van der Waals surface area contributed by atoms with Crippen molar-refractivity contribution in [2.45, 2.75) is 6.92 Å². The van der Waals surface area contributed by atoms with Crippen LogP contribution in [0.4, 0.5) is 0 Å². The maximum atomic E-state index is 11.1. The van der Waals surface area contributed by atoms with Crippen molar-refractivity contribution in [3.63, 3.8) is 0 Å². The molecule has 0 saturated heterocycles. The molecule has 0 spiro atoms. The first-order valence-electron chi connectivity index (χ1n) is 4.29. The minimum absolute atomic E-state index is 0.00514. The van der Waals surface area contributed by atoms with E-state index in [1.165, 1.54) is 11.5 Å². The molecule has 0 unspecified atom stereocenters. The van der Waals surface area contributed by atoms with Gasteiger partial charge in [0.25, 0.3) is 0 Å². The van der Waals surface area contributed by atoms with E-state index in [4.69, 9.17) is 0 Å². The fourth-order valence-corrected chi connectivity index (χ4v) is 1.46. The van der Waals surface area contributed by atoms with Gasteiger partial charge in [0.15, 0.2) is 5.78 Å². The predicted octanol–water partition coefficient (Wildman–Crippen LogP) is 1.88. The van der Waals surface area contributed by atoms with Gasteiger partial charge in [-0.15, -0.1) is 0 Å². The Bertz CT molecular complexity index is 511. The summed E-state index contributed by atoms with van der Waals surface area (Å²) in [5.41, 5.74) is 1.40. The van der Waals surface area contributed by atoms with Crippen molar-refractivity contribution in [2.24, 2.45) is 0 Å². The second kappa shape index (κ2) is 3.10. The summed E-state index contributed by atoms with van der Waals surface area (Å²) in [6.07, 6.45) is 2.41. The van der Waals surface area contributed by atoms with Gasteiger partial charge in [0.1, 0.15) is 0 Å². The Hall–Kier alpha value is -1.90. The highest BCUT2D eigenvalue weighted by molar-refractivity contribution is 5.98. The van der Waals surface area contributed by atoms with Crippen molar-refractivity contribution in [2.75, 3.05) is 0 Å². The van der Waals surface area contributed by atoms with Gasteiger partial charge in [-0.25, -0.2) is 0 Å². The lowest BCUT2D eigenvalue weighted by molar-refractivity contribution is 0.101. The van der Waals surface area contributed by atoms with Gasteiger partial charge in [0, 0.05) is 17.1 Å². The molecule has 3 heteroatoms. The van der Waals surface area contributed by atoms with E-state index in [1.54, 1.807) is 18.3 Å². The molecule has 0 radical (unpaired) electrons. The number of ketones is 1. The molecule has 1 aromatic heterocycles. The molecule has 2 rings (SSSR count). The largest absolute Gasteiger partial charge is 0.295 e. The number of Topliss-reactive ketones (excluding diaryl/α,β-unsaturated/α-hetero) is 1. The molecular formula is C11H9NO2. The van der Waals surface area contributed by atoms with E-state index in [0.29, 0.717) is 5.56 Å². The van der Waals surface area contributed by atoms with Gasteiger partial charge in [-0.05, 0) is 19.1 Å². The number of nitrogens with zero attached hydrogens (tertiary/aromatic N) is 1. The topological polar surface area (TPSA) is 39.1 Å². The Morgan fingerprint density at radius 1 is 1.36 bits per heavy atom. The average Bonchev–Trinajstić information content (AvgIpc) is 2.59. The quantitative estimate of drug-likeness (QED) is 0.532. The number of carbonyl (C=O) groups excluding carboxylic acids is 2. The molecule has 0 saturated carbocycles. The van der Waals surface area contributed by atoms with Crippen LogP contribution in [0.1, 0.15) is 17.3 Å². The first-order chi connectivity index (χ1) is 6.72. The summed E-state index contributed by atoms with van der Waals surface area (Å²) in [5.74, 6) is 0.00514. The minimum atomic E-state index is 0.00514. The highest BCUT2D eigenvalue weighted by Crippen LogP contribution is 2.16. The van der Waals surface area contributed by atoms with Crippen LogP contribution in [-0.2, 0) is 4.79 Å². The normalized spacial score (nSPS) is 10.4. The molecule has 0 amide bonds. The van der Waals surface area contributed by atoms with Gasteiger partial charge < -0.3 is 0 Å². The molecule has 1 heterocycles. The van der Waals surface area contributed by atoms with Crippen molar-refractivity contribution in [1.29, 1.82) is 0 Å². The van der Waals surface area contributed by atoms with Gasteiger partial charge in [0.2, 0.25) is 6.41 Å². The molecule has 3 nitrogen and oxygen atoms in total. The van der Waals surface area contributed by atoms with Crippen LogP contribution in [0.2, 0.25) is 0 Å². The van der Waals surface area contributed by atoms with Crippen LogP contribution >= 0.6 is 0 Å². The van der Waals surface area contributed by atoms with Crippen molar-refractivity contribution >= 4 is 23.1 Å². The van der Waals surface area contributed by atoms with Gasteiger partial charge in [-0.3, -0.25) is 14.2 Å². The van der Waals surface area contributed by atoms with Crippen LogP contribution in [0.25, 0.3) is 10.9 Å². The predicted molar refractivity (Wildman–Crippen MR) is 54.1 cm³/mol. The Kier molecular flexibility index (Phi) is 1.93. The Morgan fingerprint density at radius 3 is 2.79 bits per heavy atom. The SMILES string of the molecule is CC(=O)c1ccc2ccn(C=O)c2c1. The summed E-state index contributed by atoms with van der Waals surface area (Å²) in [5, 5.41) is 0.960. The number of rotatable bonds is 2. The van der Waals surface area contributed by atoms with E-state index in [0.717, 1.165) is 17.3 Å². The molecule has 0 atom stereocenters. The van der Waals surface area contributed by atoms with E-state index < -0.39 is 0 Å². The number of carbonyl (C=O) groups is 2. The first-order valence-corrected chi connectivity index (χ1v) is 4.29. The summed E-state index contributed by atoms with van der Waals surface area (Å²) >= 11 is 0. The van der Waals surface area contributed by atoms with Crippen LogP contribution in [0.3, 0.4) is 0 Å². The monoisotopic (exact) mass is 187 g/mol. The fourth-order valence-electron chi connectivity index (χ4n) is 1.46. The van der Waals surface area contributed by atoms with Crippen LogP contribution in [-0.4, -0.2) is 16.8 Å². The minimum Gasteiger partial charge on any atom is -0.295 e. The molecular weight excluding hydrogens is 178 g/mol. The fraction of sp³-hybridized carbons (Fsp3) is 0.0909. The number of hydrogen-bond donors (Lipinski definition) is 0. The zero-order valence-corrected chi connectivity index (χ0v) is 7.73. The molecule has 0 aliphatic heterocycles. The summed E-state index contributed by atoms with van der Waals surface area (Å²) in [4.78, 5) is 21.8. The molecule has 0 aliphatic rings. The summed E-state index contributed by atoms with van der Waals surface area (Å²) in [6, 6.07) is 7.17. The Labute approximate surface area is 81.0 Å². The second-order valence-electron chi connectivity index (χ2n) is 3.16. The van der Waals surface area contributed by atoms with E-state index in [1.807, 2.05) is 12.1 Å². The lowest BCUT2D eigenvalue weighted by Gasteiger charge is -1.97. The van der Waals surface area contributed by atoms with Crippen LogP contribution in [0, 0.1) is 0 Å². The average molecular weight is 187 g/mol. The standard InChI is InChI=1S/C11H9NO2/c1-8(14)10-3-2-9-4-5-12(7-13)11(9)6-10/h2-7H,1H3. The van der Waals surface area contributed by atoms with Crippen LogP contribution in [0.15, 0.2) is 30.5 Å². The summed E-state index contributed by atoms with van der Waals surface area (Å²) in [7, 11) is 0. The van der Waals surface area contributed by atoms with Crippen LogP contribution in [0.5, 0.6) is 0 Å². The maximum absolute atomic E-state index is 11.1. The number of benzene rings is 1. The Morgan fingerprint density at radius 2 is 2.14 bits per heavy atom. The van der Waals surface area contributed by atoms with Gasteiger partial charge in [-0.1, -0.05) is 12.1 Å². The highest BCUT2D eigenvalue weighted by atomic mass is 16.1. The zero-order valence-electron chi connectivity index (χ0n) is 7.73. The summed E-state index contributed by atoms with van der Waals surface area (Å²) in [6.45, 7) is 1.51. The summed E-state index contributed by atoms with van der Waals surface area (Å²) < 4.78 is 1.46. The van der Waals surface area contributed by atoms with Crippen LogP contribution < -0.4 is 0 Å². The third-order valence-corrected chi connectivity index (χ3v) is 2.24. The molecule has 0 fully saturated rings. The lowest BCUT2D eigenvalue weighted by Crippen LogP contribution is -1.95. The van der Waals surface area contributed by atoms with Crippen molar-refractivity contribution < 1.29 is 9.59 Å². The Balaban J connectivity index is 2.73. The third kappa shape index (κ3) is 1.23. The lowest BCUT2D eigenvalue weighted by atomic mass is 10.1. The van der Waals surface area contributed by atoms with E-state index >= 15 is 0 Å². The molecule has 14 heavy (non-hydrogen) atoms. The van der Waals surface area contributed by atoms with Crippen molar-refractivity contribution in [1.82, 2.24) is 4.57 Å². The van der Waals surface area contributed by atoms with Gasteiger partial charge in [-0.2, -0.15) is 0 Å². The number of aromatic nitrogens is 1. The first kappa shape index (κ1) is 8.69. The molecule has 2 aromatic rings. The van der Waals surface area contributed by atoms with Crippen molar-refractivity contribution in [3.8, 4) is 0 Å².